The summed E-state index contributed by atoms with van der Waals surface area (Å²) in [5.41, 5.74) is 2.76. The third-order valence-corrected chi connectivity index (χ3v) is 9.76. The molecule has 1 fully saturated rings. The highest BCUT2D eigenvalue weighted by atomic mass is 35.5. The Balaban J connectivity index is 1.32. The van der Waals surface area contributed by atoms with Crippen LogP contribution in [0.5, 0.6) is 0 Å². The van der Waals surface area contributed by atoms with Crippen molar-refractivity contribution in [3.8, 4) is 0 Å². The molecule has 6 nitrogen and oxygen atoms in total. The van der Waals surface area contributed by atoms with Crippen molar-refractivity contribution in [3.63, 3.8) is 0 Å². The molecule has 1 heterocycles. The molecule has 3 atom stereocenters. The Kier molecular flexibility index (Phi) is 6.12. The number of halogens is 4. The number of likely N-dealkylation sites (tertiary alicyclic amines) is 1. The van der Waals surface area contributed by atoms with E-state index in [1.165, 1.54) is 25.1 Å². The van der Waals surface area contributed by atoms with E-state index in [-0.39, 0.29) is 10.6 Å². The summed E-state index contributed by atoms with van der Waals surface area (Å²) in [6.45, 7) is 0.739. The van der Waals surface area contributed by atoms with Gasteiger partial charge in [0.1, 0.15) is 15.8 Å². The number of imide groups is 1. The van der Waals surface area contributed by atoms with E-state index in [9.17, 15) is 19.2 Å². The third kappa shape index (κ3) is 3.48. The molecule has 3 aromatic rings. The smallest absolute Gasteiger partial charge is 0.329 e. The number of carbonyl (C=O) groups excluding carboxylic acids is 4. The van der Waals surface area contributed by atoms with Gasteiger partial charge in [-0.3, -0.25) is 19.3 Å². The SMILES string of the molecule is C[C@@H](C(=O)OCC(=O)c1ccc(Cl)cc1Cl)N1C(=O)[C@@H]2[C@H](C1=O)C1(Cl)c3ccccc3C2(Cl)c2ccccc21. The standard InChI is InChI=1S/C29H19Cl4NO5/c1-14(27(38)39-13-22(35)16-11-10-15(30)12-21(16)31)34-25(36)23-24(26(34)37)29(33)18-7-3-2-6-17(18)28(23,32)19-8-4-5-9-20(19)29/h2-12,14,23-24H,13H2,1H3/t14-,23-,24+,28?,29?/m0/s1. The number of hydrogen-bond acceptors (Lipinski definition) is 5. The number of nitrogens with zero attached hydrogens (tertiary/aromatic N) is 1. The van der Waals surface area contributed by atoms with Gasteiger partial charge in [-0.05, 0) is 47.4 Å². The molecule has 39 heavy (non-hydrogen) atoms. The van der Waals surface area contributed by atoms with Crippen LogP contribution in [0.3, 0.4) is 0 Å². The summed E-state index contributed by atoms with van der Waals surface area (Å²) >= 11 is 26.7. The van der Waals surface area contributed by atoms with Crippen LogP contribution in [0.25, 0.3) is 0 Å². The minimum atomic E-state index is -1.36. The summed E-state index contributed by atoms with van der Waals surface area (Å²) in [6, 6.07) is 17.5. The monoisotopic (exact) mass is 601 g/mol. The molecule has 3 aliphatic carbocycles. The van der Waals surface area contributed by atoms with Gasteiger partial charge in [0.15, 0.2) is 6.61 Å². The Morgan fingerprint density at radius 1 is 0.846 bits per heavy atom. The van der Waals surface area contributed by atoms with Gasteiger partial charge in [-0.25, -0.2) is 4.79 Å². The van der Waals surface area contributed by atoms with Gasteiger partial charge in [-0.2, -0.15) is 0 Å². The van der Waals surface area contributed by atoms with Crippen molar-refractivity contribution in [3.05, 3.63) is 105 Å². The number of rotatable bonds is 5. The highest BCUT2D eigenvalue weighted by Gasteiger charge is 2.73. The van der Waals surface area contributed by atoms with Gasteiger partial charge in [0.25, 0.3) is 0 Å². The number of benzene rings is 3. The quantitative estimate of drug-likeness (QED) is 0.162. The lowest BCUT2D eigenvalue weighted by Crippen LogP contribution is -2.57. The minimum absolute atomic E-state index is 0.111. The zero-order chi connectivity index (χ0) is 27.9. The second-order valence-electron chi connectivity index (χ2n) is 9.85. The second kappa shape index (κ2) is 9.07. The van der Waals surface area contributed by atoms with Gasteiger partial charge in [-0.1, -0.05) is 71.7 Å². The number of ether oxygens (including phenoxy) is 1. The molecule has 10 heteroatoms. The lowest BCUT2D eigenvalue weighted by Gasteiger charge is -2.54. The highest BCUT2D eigenvalue weighted by Crippen LogP contribution is 2.69. The van der Waals surface area contributed by atoms with Gasteiger partial charge in [0, 0.05) is 10.6 Å². The van der Waals surface area contributed by atoms with Crippen molar-refractivity contribution in [1.82, 2.24) is 4.90 Å². The lowest BCUT2D eigenvalue weighted by atomic mass is 9.54. The van der Waals surface area contributed by atoms with E-state index in [1.807, 2.05) is 48.5 Å². The fourth-order valence-corrected chi connectivity index (χ4v) is 7.84. The number of carbonyl (C=O) groups is 4. The van der Waals surface area contributed by atoms with Crippen molar-refractivity contribution in [1.29, 1.82) is 0 Å². The Bertz CT molecular complexity index is 1480. The zero-order valence-corrected chi connectivity index (χ0v) is 23.3. The van der Waals surface area contributed by atoms with Crippen LogP contribution in [-0.4, -0.2) is 41.1 Å². The van der Waals surface area contributed by atoms with Crippen molar-refractivity contribution >= 4 is 70.0 Å². The van der Waals surface area contributed by atoms with Crippen molar-refractivity contribution < 1.29 is 23.9 Å². The molecule has 0 N–H and O–H groups in total. The normalized spacial score (nSPS) is 27.1. The first-order chi connectivity index (χ1) is 18.5. The van der Waals surface area contributed by atoms with Gasteiger partial charge in [0.05, 0.1) is 16.9 Å². The van der Waals surface area contributed by atoms with E-state index >= 15 is 0 Å². The van der Waals surface area contributed by atoms with E-state index in [4.69, 9.17) is 51.1 Å². The van der Waals surface area contributed by atoms with E-state index in [2.05, 4.69) is 0 Å². The van der Waals surface area contributed by atoms with Crippen LogP contribution >= 0.6 is 46.4 Å². The molecule has 0 spiro atoms. The van der Waals surface area contributed by atoms with Crippen LogP contribution in [-0.2, 0) is 28.9 Å². The number of esters is 1. The molecule has 198 valence electrons. The number of Topliss-reactive ketones (excluding diaryl/α,β-unsaturated/α-hetero) is 1. The predicted octanol–water partition coefficient (Wildman–Crippen LogP) is 5.70. The van der Waals surface area contributed by atoms with Crippen LogP contribution in [0.1, 0.15) is 39.5 Å². The first-order valence-electron chi connectivity index (χ1n) is 12.1. The molecule has 0 unspecified atom stereocenters. The molecule has 2 amide bonds. The minimum Gasteiger partial charge on any atom is -0.456 e. The maximum Gasteiger partial charge on any atom is 0.329 e. The summed E-state index contributed by atoms with van der Waals surface area (Å²) in [5, 5.41) is 0.460. The molecule has 3 aromatic carbocycles. The fraction of sp³-hybridized carbons (Fsp3) is 0.241. The van der Waals surface area contributed by atoms with E-state index in [1.54, 1.807) is 0 Å². The van der Waals surface area contributed by atoms with E-state index in [0.717, 1.165) is 4.90 Å². The molecular formula is C29H19Cl4NO5. The molecular weight excluding hydrogens is 584 g/mol. The maximum absolute atomic E-state index is 13.9. The second-order valence-corrected chi connectivity index (χ2v) is 11.9. The molecule has 0 saturated carbocycles. The van der Waals surface area contributed by atoms with Gasteiger partial charge < -0.3 is 4.74 Å². The van der Waals surface area contributed by atoms with Crippen molar-refractivity contribution in [2.75, 3.05) is 6.61 Å². The molecule has 2 bridgehead atoms. The number of hydrogen-bond donors (Lipinski definition) is 0. The van der Waals surface area contributed by atoms with E-state index < -0.39 is 57.8 Å². The summed E-state index contributed by atoms with van der Waals surface area (Å²) < 4.78 is 5.22. The van der Waals surface area contributed by atoms with E-state index in [0.29, 0.717) is 27.3 Å². The fourth-order valence-electron chi connectivity index (χ4n) is 6.23. The molecule has 0 radical (unpaired) electrons. The molecule has 1 aliphatic heterocycles. The summed E-state index contributed by atoms with van der Waals surface area (Å²) in [5.74, 6) is -4.81. The van der Waals surface area contributed by atoms with Gasteiger partial charge in [0.2, 0.25) is 17.6 Å². The topological polar surface area (TPSA) is 80.8 Å². The Morgan fingerprint density at radius 2 is 1.31 bits per heavy atom. The average Bonchev–Trinajstić information content (AvgIpc) is 3.20. The zero-order valence-electron chi connectivity index (χ0n) is 20.3. The first-order valence-corrected chi connectivity index (χ1v) is 13.6. The Labute approximate surface area is 243 Å². The van der Waals surface area contributed by atoms with Crippen LogP contribution in [0.15, 0.2) is 66.7 Å². The summed E-state index contributed by atoms with van der Waals surface area (Å²) in [4.78, 5) is 51.7. The largest absolute Gasteiger partial charge is 0.456 e. The summed E-state index contributed by atoms with van der Waals surface area (Å²) in [7, 11) is 0. The van der Waals surface area contributed by atoms with Crippen LogP contribution < -0.4 is 0 Å². The van der Waals surface area contributed by atoms with Crippen LogP contribution in [0.4, 0.5) is 0 Å². The van der Waals surface area contributed by atoms with Gasteiger partial charge >= 0.3 is 5.97 Å². The molecule has 7 rings (SSSR count). The Hall–Kier alpha value is -2.90. The lowest BCUT2D eigenvalue weighted by molar-refractivity contribution is -0.157. The van der Waals surface area contributed by atoms with Gasteiger partial charge in [-0.15, -0.1) is 23.2 Å². The maximum atomic E-state index is 13.9. The third-order valence-electron chi connectivity index (χ3n) is 7.92. The Morgan fingerprint density at radius 3 is 1.74 bits per heavy atom. The summed E-state index contributed by atoms with van der Waals surface area (Å²) in [6.07, 6.45) is 0. The highest BCUT2D eigenvalue weighted by molar-refractivity contribution is 6.37. The molecule has 4 aliphatic rings. The van der Waals surface area contributed by atoms with Crippen molar-refractivity contribution in [2.24, 2.45) is 11.8 Å². The van der Waals surface area contributed by atoms with Crippen LogP contribution in [0.2, 0.25) is 10.0 Å². The average molecular weight is 603 g/mol. The molecule has 1 saturated heterocycles. The molecule has 0 aromatic heterocycles. The predicted molar refractivity (Wildman–Crippen MR) is 146 cm³/mol. The number of alkyl halides is 2. The number of ketones is 1. The number of amides is 2. The van der Waals surface area contributed by atoms with Crippen LogP contribution in [0, 0.1) is 11.8 Å². The van der Waals surface area contributed by atoms with Crippen molar-refractivity contribution in [2.45, 2.75) is 22.7 Å². The first kappa shape index (κ1) is 26.3.